The predicted octanol–water partition coefficient (Wildman–Crippen LogP) is 1.07. The molecule has 0 aromatic carbocycles. The van der Waals surface area contributed by atoms with Crippen molar-refractivity contribution in [2.75, 3.05) is 13.6 Å². The van der Waals surface area contributed by atoms with Crippen LogP contribution < -0.4 is 5.32 Å². The van der Waals surface area contributed by atoms with Crippen molar-refractivity contribution in [1.29, 1.82) is 0 Å². The molecule has 0 aliphatic carbocycles. The minimum atomic E-state index is 0.0297. The van der Waals surface area contributed by atoms with Gasteiger partial charge in [0.05, 0.1) is 6.04 Å². The molecule has 2 heterocycles. The fourth-order valence-corrected chi connectivity index (χ4v) is 2.30. The lowest BCUT2D eigenvalue weighted by Gasteiger charge is -2.11. The van der Waals surface area contributed by atoms with Gasteiger partial charge in [0.2, 0.25) is 5.91 Å². The Morgan fingerprint density at radius 3 is 3.14 bits per heavy atom. The molecule has 1 atom stereocenters. The molecular weight excluding hydrogens is 196 g/mol. The zero-order chi connectivity index (χ0) is 9.97. The third kappa shape index (κ3) is 1.96. The Hall–Kier alpha value is -0.870. The third-order valence-corrected chi connectivity index (χ3v) is 3.41. The van der Waals surface area contributed by atoms with Gasteiger partial charge in [-0.2, -0.15) is 0 Å². The van der Waals surface area contributed by atoms with Crippen LogP contribution in [0.1, 0.15) is 11.3 Å². The highest BCUT2D eigenvalue weighted by Gasteiger charge is 2.28. The molecule has 1 aromatic rings. The van der Waals surface area contributed by atoms with Crippen LogP contribution in [0.5, 0.6) is 0 Å². The quantitative estimate of drug-likeness (QED) is 0.809. The minimum absolute atomic E-state index is 0.0297. The van der Waals surface area contributed by atoms with E-state index < -0.39 is 0 Å². The molecule has 0 bridgehead atoms. The van der Waals surface area contributed by atoms with E-state index in [1.807, 2.05) is 13.1 Å². The first kappa shape index (κ1) is 9.68. The summed E-state index contributed by atoms with van der Waals surface area (Å²) in [4.78, 5) is 14.6. The number of nitrogens with zero attached hydrogens (tertiary/aromatic N) is 1. The van der Waals surface area contributed by atoms with E-state index in [1.54, 1.807) is 16.2 Å². The van der Waals surface area contributed by atoms with E-state index in [9.17, 15) is 4.79 Å². The van der Waals surface area contributed by atoms with Gasteiger partial charge in [-0.3, -0.25) is 4.79 Å². The number of likely N-dealkylation sites (N-methyl/N-ethyl adjacent to an activating group) is 1. The molecule has 3 nitrogen and oxygen atoms in total. The van der Waals surface area contributed by atoms with Crippen LogP contribution in [0.4, 0.5) is 0 Å². The second kappa shape index (κ2) is 4.11. The summed E-state index contributed by atoms with van der Waals surface area (Å²) >= 11 is 1.72. The Morgan fingerprint density at radius 1 is 1.71 bits per heavy atom. The molecule has 1 fully saturated rings. The normalized spacial score (nSPS) is 21.9. The largest absolute Gasteiger partial charge is 0.344 e. The lowest BCUT2D eigenvalue weighted by Crippen LogP contribution is -2.36. The summed E-state index contributed by atoms with van der Waals surface area (Å²) in [5, 5.41) is 5.34. The van der Waals surface area contributed by atoms with Gasteiger partial charge in [-0.05, 0) is 17.9 Å². The average molecular weight is 210 g/mol. The van der Waals surface area contributed by atoms with Crippen molar-refractivity contribution >= 4 is 17.2 Å². The first-order valence-corrected chi connectivity index (χ1v) is 5.66. The molecule has 1 N–H and O–H groups in total. The van der Waals surface area contributed by atoms with Crippen molar-refractivity contribution in [3.63, 3.8) is 0 Å². The van der Waals surface area contributed by atoms with Crippen molar-refractivity contribution in [2.24, 2.45) is 0 Å². The van der Waals surface area contributed by atoms with E-state index >= 15 is 0 Å². The molecule has 0 radical (unpaired) electrons. The van der Waals surface area contributed by atoms with Crippen molar-refractivity contribution in [2.45, 2.75) is 19.0 Å². The van der Waals surface area contributed by atoms with Crippen LogP contribution in [0, 0.1) is 0 Å². The SMILES string of the molecule is CN1CC[C@@H](NCc2cccs2)C1=O. The van der Waals surface area contributed by atoms with Gasteiger partial charge in [0.25, 0.3) is 0 Å². The summed E-state index contributed by atoms with van der Waals surface area (Å²) in [5.74, 6) is 0.224. The summed E-state index contributed by atoms with van der Waals surface area (Å²) in [7, 11) is 1.86. The molecule has 0 unspecified atom stereocenters. The molecule has 0 saturated carbocycles. The maximum absolute atomic E-state index is 11.5. The van der Waals surface area contributed by atoms with Crippen LogP contribution in [-0.2, 0) is 11.3 Å². The lowest BCUT2D eigenvalue weighted by atomic mass is 10.2. The highest BCUT2D eigenvalue weighted by atomic mass is 32.1. The van der Waals surface area contributed by atoms with Gasteiger partial charge >= 0.3 is 0 Å². The number of carbonyl (C=O) groups is 1. The zero-order valence-electron chi connectivity index (χ0n) is 8.19. The number of hydrogen-bond donors (Lipinski definition) is 1. The Kier molecular flexibility index (Phi) is 2.84. The summed E-state index contributed by atoms with van der Waals surface area (Å²) in [6.07, 6.45) is 0.931. The Labute approximate surface area is 87.7 Å². The van der Waals surface area contributed by atoms with Gasteiger partial charge in [0.1, 0.15) is 0 Å². The summed E-state index contributed by atoms with van der Waals surface area (Å²) < 4.78 is 0. The second-order valence-corrected chi connectivity index (χ2v) is 4.59. The first-order valence-electron chi connectivity index (χ1n) is 4.78. The van der Waals surface area contributed by atoms with Gasteiger partial charge in [0.15, 0.2) is 0 Å². The predicted molar refractivity (Wildman–Crippen MR) is 57.2 cm³/mol. The number of carbonyl (C=O) groups excluding carboxylic acids is 1. The van der Waals surface area contributed by atoms with E-state index in [-0.39, 0.29) is 11.9 Å². The monoisotopic (exact) mass is 210 g/mol. The van der Waals surface area contributed by atoms with E-state index in [2.05, 4.69) is 16.8 Å². The standard InChI is InChI=1S/C10H14N2OS/c1-12-5-4-9(10(12)13)11-7-8-3-2-6-14-8/h2-3,6,9,11H,4-5,7H2,1H3/t9-/m1/s1. The van der Waals surface area contributed by atoms with Crippen molar-refractivity contribution in [3.8, 4) is 0 Å². The average Bonchev–Trinajstić information content (AvgIpc) is 2.77. The van der Waals surface area contributed by atoms with E-state index in [0.29, 0.717) is 0 Å². The highest BCUT2D eigenvalue weighted by molar-refractivity contribution is 7.09. The highest BCUT2D eigenvalue weighted by Crippen LogP contribution is 2.12. The number of amides is 1. The molecule has 14 heavy (non-hydrogen) atoms. The number of rotatable bonds is 3. The fraction of sp³-hybridized carbons (Fsp3) is 0.500. The van der Waals surface area contributed by atoms with E-state index in [4.69, 9.17) is 0 Å². The second-order valence-electron chi connectivity index (χ2n) is 3.56. The summed E-state index contributed by atoms with van der Waals surface area (Å²) in [6.45, 7) is 1.68. The number of hydrogen-bond acceptors (Lipinski definition) is 3. The summed E-state index contributed by atoms with van der Waals surface area (Å²) in [6, 6.07) is 4.15. The van der Waals surface area contributed by atoms with Gasteiger partial charge in [-0.15, -0.1) is 11.3 Å². The van der Waals surface area contributed by atoms with Gasteiger partial charge in [-0.25, -0.2) is 0 Å². The van der Waals surface area contributed by atoms with Gasteiger partial charge in [0, 0.05) is 25.0 Å². The summed E-state index contributed by atoms with van der Waals surface area (Å²) in [5.41, 5.74) is 0. The Morgan fingerprint density at radius 2 is 2.57 bits per heavy atom. The molecule has 4 heteroatoms. The Balaban J connectivity index is 1.84. The minimum Gasteiger partial charge on any atom is -0.344 e. The van der Waals surface area contributed by atoms with E-state index in [0.717, 1.165) is 19.5 Å². The molecular formula is C10H14N2OS. The molecule has 2 rings (SSSR count). The Bertz CT molecular complexity index is 310. The van der Waals surface area contributed by atoms with Crippen LogP contribution in [0.25, 0.3) is 0 Å². The molecule has 0 spiro atoms. The molecule has 1 aromatic heterocycles. The van der Waals surface area contributed by atoms with Crippen molar-refractivity contribution in [3.05, 3.63) is 22.4 Å². The maximum Gasteiger partial charge on any atom is 0.239 e. The molecule has 1 aliphatic heterocycles. The van der Waals surface area contributed by atoms with Crippen LogP contribution >= 0.6 is 11.3 Å². The van der Waals surface area contributed by atoms with E-state index in [1.165, 1.54) is 4.88 Å². The topological polar surface area (TPSA) is 32.3 Å². The number of nitrogens with one attached hydrogen (secondary N) is 1. The maximum atomic E-state index is 11.5. The molecule has 1 amide bonds. The molecule has 1 aliphatic rings. The molecule has 1 saturated heterocycles. The number of likely N-dealkylation sites (tertiary alicyclic amines) is 1. The van der Waals surface area contributed by atoms with Crippen LogP contribution in [0.2, 0.25) is 0 Å². The zero-order valence-corrected chi connectivity index (χ0v) is 9.01. The van der Waals surface area contributed by atoms with Crippen LogP contribution in [-0.4, -0.2) is 30.4 Å². The van der Waals surface area contributed by atoms with Gasteiger partial charge in [-0.1, -0.05) is 6.07 Å². The third-order valence-electron chi connectivity index (χ3n) is 2.53. The van der Waals surface area contributed by atoms with Crippen molar-refractivity contribution in [1.82, 2.24) is 10.2 Å². The van der Waals surface area contributed by atoms with Crippen LogP contribution in [0.15, 0.2) is 17.5 Å². The van der Waals surface area contributed by atoms with Crippen molar-refractivity contribution < 1.29 is 4.79 Å². The van der Waals surface area contributed by atoms with Gasteiger partial charge < -0.3 is 10.2 Å². The smallest absolute Gasteiger partial charge is 0.239 e. The first-order chi connectivity index (χ1) is 6.77. The molecule has 76 valence electrons. The van der Waals surface area contributed by atoms with Crippen LogP contribution in [0.3, 0.4) is 0 Å². The fourth-order valence-electron chi connectivity index (χ4n) is 1.65. The lowest BCUT2D eigenvalue weighted by molar-refractivity contribution is -0.128. The number of thiophene rings is 1.